The summed E-state index contributed by atoms with van der Waals surface area (Å²) < 4.78 is 5.07. The number of aromatic nitrogens is 3. The van der Waals surface area contributed by atoms with Gasteiger partial charge in [0.1, 0.15) is 5.69 Å². The molecule has 7 heteroatoms. The normalized spacial score (nSPS) is 10.5. The van der Waals surface area contributed by atoms with Gasteiger partial charge < -0.3 is 15.2 Å². The van der Waals surface area contributed by atoms with Crippen LogP contribution in [0.25, 0.3) is 11.6 Å². The summed E-state index contributed by atoms with van der Waals surface area (Å²) in [6, 6.07) is 0. The van der Waals surface area contributed by atoms with Crippen molar-refractivity contribution in [2.45, 2.75) is 6.92 Å². The van der Waals surface area contributed by atoms with Gasteiger partial charge in [0.2, 0.25) is 0 Å². The minimum Gasteiger partial charge on any atom is -0.375 e. The summed E-state index contributed by atoms with van der Waals surface area (Å²) in [5.74, 6) is 0.956. The highest BCUT2D eigenvalue weighted by molar-refractivity contribution is 7.13. The molecule has 80 valence electrons. The molecule has 2 rings (SSSR count). The molecule has 2 heterocycles. The number of nitrogens with zero attached hydrogens (tertiary/aromatic N) is 4. The molecule has 2 N–H and O–H groups in total. The fourth-order valence-corrected chi connectivity index (χ4v) is 1.54. The van der Waals surface area contributed by atoms with E-state index in [2.05, 4.69) is 15.1 Å². The van der Waals surface area contributed by atoms with Crippen molar-refractivity contribution in [1.29, 1.82) is 0 Å². The Balaban J connectivity index is 2.27. The summed E-state index contributed by atoms with van der Waals surface area (Å²) in [7, 11) is 1.89. The van der Waals surface area contributed by atoms with Gasteiger partial charge in [-0.2, -0.15) is 4.98 Å². The summed E-state index contributed by atoms with van der Waals surface area (Å²) in [4.78, 5) is 10.1. The quantitative estimate of drug-likeness (QED) is 0.846. The van der Waals surface area contributed by atoms with Gasteiger partial charge in [0, 0.05) is 19.0 Å². The summed E-state index contributed by atoms with van der Waals surface area (Å²) >= 11 is 1.35. The van der Waals surface area contributed by atoms with Crippen molar-refractivity contribution < 1.29 is 4.52 Å². The number of anilines is 2. The second-order valence-corrected chi connectivity index (χ2v) is 3.87. The van der Waals surface area contributed by atoms with Crippen LogP contribution in [0, 0.1) is 0 Å². The molecule has 0 aliphatic heterocycles. The summed E-state index contributed by atoms with van der Waals surface area (Å²) in [5, 5.41) is 6.12. The maximum absolute atomic E-state index is 5.52. The lowest BCUT2D eigenvalue weighted by atomic mass is 10.5. The van der Waals surface area contributed by atoms with E-state index in [1.165, 1.54) is 11.3 Å². The molecule has 0 atom stereocenters. The van der Waals surface area contributed by atoms with Crippen molar-refractivity contribution in [3.05, 3.63) is 5.38 Å². The zero-order valence-electron chi connectivity index (χ0n) is 8.47. The van der Waals surface area contributed by atoms with E-state index >= 15 is 0 Å². The Morgan fingerprint density at radius 3 is 2.93 bits per heavy atom. The number of rotatable bonds is 3. The van der Waals surface area contributed by atoms with Crippen molar-refractivity contribution in [2.24, 2.45) is 0 Å². The van der Waals surface area contributed by atoms with Crippen LogP contribution in [-0.2, 0) is 0 Å². The molecule has 15 heavy (non-hydrogen) atoms. The van der Waals surface area contributed by atoms with Gasteiger partial charge in [0.05, 0.1) is 0 Å². The van der Waals surface area contributed by atoms with E-state index in [0.717, 1.165) is 6.54 Å². The summed E-state index contributed by atoms with van der Waals surface area (Å²) in [6.07, 6.45) is 0. The SMILES string of the molecule is CCN(C)c1noc(-c2csc(N)n2)n1. The standard InChI is InChI=1S/C8H11N5OS/c1-3-13(2)8-11-6(14-12-8)5-4-15-7(9)10-5/h4H,3H2,1-2H3,(H2,9,10). The lowest BCUT2D eigenvalue weighted by molar-refractivity contribution is 0.429. The fraction of sp³-hybridized carbons (Fsp3) is 0.375. The number of hydrogen-bond donors (Lipinski definition) is 1. The molecule has 0 saturated heterocycles. The molecule has 0 aliphatic carbocycles. The average molecular weight is 225 g/mol. The van der Waals surface area contributed by atoms with Crippen LogP contribution in [0.15, 0.2) is 9.90 Å². The predicted molar refractivity (Wildman–Crippen MR) is 58.8 cm³/mol. The second kappa shape index (κ2) is 3.85. The lowest BCUT2D eigenvalue weighted by Gasteiger charge is -2.08. The highest BCUT2D eigenvalue weighted by atomic mass is 32.1. The predicted octanol–water partition coefficient (Wildman–Crippen LogP) is 1.23. The molecule has 2 aromatic rings. The van der Waals surface area contributed by atoms with Crippen molar-refractivity contribution in [3.63, 3.8) is 0 Å². The van der Waals surface area contributed by atoms with Crippen LogP contribution in [-0.4, -0.2) is 28.7 Å². The number of hydrogen-bond acceptors (Lipinski definition) is 7. The molecule has 0 fully saturated rings. The third-order valence-corrected chi connectivity index (χ3v) is 2.65. The number of thiazole rings is 1. The van der Waals surface area contributed by atoms with Crippen molar-refractivity contribution in [1.82, 2.24) is 15.1 Å². The first kappa shape index (κ1) is 9.91. The van der Waals surface area contributed by atoms with Crippen LogP contribution < -0.4 is 10.6 Å². The van der Waals surface area contributed by atoms with E-state index in [0.29, 0.717) is 22.7 Å². The van der Waals surface area contributed by atoms with Crippen LogP contribution in [0.2, 0.25) is 0 Å². The average Bonchev–Trinajstić information content (AvgIpc) is 2.84. The first-order chi connectivity index (χ1) is 7.20. The van der Waals surface area contributed by atoms with E-state index in [1.807, 2.05) is 18.9 Å². The first-order valence-corrected chi connectivity index (χ1v) is 5.35. The van der Waals surface area contributed by atoms with Gasteiger partial charge in [-0.05, 0) is 12.1 Å². The van der Waals surface area contributed by atoms with Crippen molar-refractivity contribution in [3.8, 4) is 11.6 Å². The molecule has 0 aromatic carbocycles. The van der Waals surface area contributed by atoms with Crippen molar-refractivity contribution >= 4 is 22.4 Å². The molecule has 0 bridgehead atoms. The molecule has 6 nitrogen and oxygen atoms in total. The van der Waals surface area contributed by atoms with Gasteiger partial charge in [0.25, 0.3) is 11.8 Å². The fourth-order valence-electron chi connectivity index (χ4n) is 1.00. The second-order valence-electron chi connectivity index (χ2n) is 2.98. The Labute approximate surface area is 90.7 Å². The van der Waals surface area contributed by atoms with Crippen LogP contribution >= 0.6 is 11.3 Å². The van der Waals surface area contributed by atoms with E-state index < -0.39 is 0 Å². The largest absolute Gasteiger partial charge is 0.375 e. The minimum absolute atomic E-state index is 0.401. The van der Waals surface area contributed by atoms with Gasteiger partial charge in [-0.1, -0.05) is 0 Å². The topological polar surface area (TPSA) is 81.1 Å². The van der Waals surface area contributed by atoms with E-state index in [9.17, 15) is 0 Å². The maximum atomic E-state index is 5.52. The van der Waals surface area contributed by atoms with Crippen LogP contribution in [0.5, 0.6) is 0 Å². The minimum atomic E-state index is 0.401. The summed E-state index contributed by atoms with van der Waals surface area (Å²) in [5.41, 5.74) is 6.14. The van der Waals surface area contributed by atoms with Gasteiger partial charge >= 0.3 is 0 Å². The molecule has 0 radical (unpaired) electrons. The van der Waals surface area contributed by atoms with Gasteiger partial charge in [-0.15, -0.1) is 11.3 Å². The molecule has 0 unspecified atom stereocenters. The van der Waals surface area contributed by atoms with E-state index in [4.69, 9.17) is 10.3 Å². The first-order valence-electron chi connectivity index (χ1n) is 4.47. The van der Waals surface area contributed by atoms with E-state index in [-0.39, 0.29) is 0 Å². The summed E-state index contributed by atoms with van der Waals surface area (Å²) in [6.45, 7) is 2.83. The Kier molecular flexibility index (Phi) is 2.55. The molecule has 0 aliphatic rings. The highest BCUT2D eigenvalue weighted by Gasteiger charge is 2.13. The van der Waals surface area contributed by atoms with E-state index in [1.54, 1.807) is 5.38 Å². The van der Waals surface area contributed by atoms with Crippen molar-refractivity contribution in [2.75, 3.05) is 24.2 Å². The molecule has 0 spiro atoms. The monoisotopic (exact) mass is 225 g/mol. The van der Waals surface area contributed by atoms with Crippen LogP contribution in [0.4, 0.5) is 11.1 Å². The van der Waals surface area contributed by atoms with Crippen LogP contribution in [0.3, 0.4) is 0 Å². The molecule has 0 saturated carbocycles. The lowest BCUT2D eigenvalue weighted by Crippen LogP contribution is -2.16. The molecule has 2 aromatic heterocycles. The third-order valence-electron chi connectivity index (χ3n) is 1.97. The Hall–Kier alpha value is -1.63. The maximum Gasteiger partial charge on any atom is 0.279 e. The third kappa shape index (κ3) is 1.91. The number of nitrogen functional groups attached to an aromatic ring is 1. The van der Waals surface area contributed by atoms with Crippen LogP contribution in [0.1, 0.15) is 6.92 Å². The Morgan fingerprint density at radius 2 is 2.33 bits per heavy atom. The highest BCUT2D eigenvalue weighted by Crippen LogP contribution is 2.22. The zero-order valence-corrected chi connectivity index (χ0v) is 9.28. The Morgan fingerprint density at radius 1 is 1.53 bits per heavy atom. The molecular formula is C8H11N5OS. The molecule has 0 amide bonds. The zero-order chi connectivity index (χ0) is 10.8. The van der Waals surface area contributed by atoms with Gasteiger partial charge in [0.15, 0.2) is 5.13 Å². The van der Waals surface area contributed by atoms with Gasteiger partial charge in [-0.25, -0.2) is 4.98 Å². The number of nitrogens with two attached hydrogens (primary N) is 1. The molecular weight excluding hydrogens is 214 g/mol. The Bertz CT molecular complexity index is 451. The van der Waals surface area contributed by atoms with Gasteiger partial charge in [-0.3, -0.25) is 0 Å². The smallest absolute Gasteiger partial charge is 0.279 e.